The molecule has 0 bridgehead atoms. The van der Waals surface area contributed by atoms with Crippen molar-refractivity contribution in [3.63, 3.8) is 0 Å². The summed E-state index contributed by atoms with van der Waals surface area (Å²) in [6.45, 7) is 1.80. The van der Waals surface area contributed by atoms with Gasteiger partial charge in [0.1, 0.15) is 5.41 Å². The van der Waals surface area contributed by atoms with Crippen LogP contribution in [0.25, 0.3) is 0 Å². The Morgan fingerprint density at radius 2 is 2.00 bits per heavy atom. The number of hydrogen-bond acceptors (Lipinski definition) is 4. The van der Waals surface area contributed by atoms with Crippen LogP contribution < -0.4 is 11.5 Å². The number of amidine groups is 1. The molecule has 0 saturated heterocycles. The molecular formula is C10H18N4O3. The third-order valence-corrected chi connectivity index (χ3v) is 3.14. The van der Waals surface area contributed by atoms with E-state index in [-0.39, 0.29) is 18.3 Å². The summed E-state index contributed by atoms with van der Waals surface area (Å²) in [5.74, 6) is -0.689. The lowest BCUT2D eigenvalue weighted by Gasteiger charge is -2.45. The molecule has 5 N–H and O–H groups in total. The first-order valence-electron chi connectivity index (χ1n) is 5.35. The fourth-order valence-electron chi connectivity index (χ4n) is 2.39. The van der Waals surface area contributed by atoms with Gasteiger partial charge in [-0.3, -0.25) is 9.59 Å². The Morgan fingerprint density at radius 1 is 1.47 bits per heavy atom. The molecule has 0 aliphatic heterocycles. The molecule has 7 nitrogen and oxygen atoms in total. The average molecular weight is 242 g/mol. The second kappa shape index (κ2) is 4.60. The van der Waals surface area contributed by atoms with Gasteiger partial charge in [-0.05, 0) is 18.8 Å². The smallest absolute Gasteiger partial charge is 0.237 e. The van der Waals surface area contributed by atoms with Gasteiger partial charge in [0.15, 0.2) is 5.84 Å². The summed E-state index contributed by atoms with van der Waals surface area (Å²) in [7, 11) is 1.47. The van der Waals surface area contributed by atoms with Crippen LogP contribution in [0, 0.1) is 11.3 Å². The average Bonchev–Trinajstić information content (AvgIpc) is 2.21. The Bertz CT molecular complexity index is 361. The summed E-state index contributed by atoms with van der Waals surface area (Å²) in [5, 5.41) is 11.7. The molecule has 0 radical (unpaired) electrons. The molecule has 0 spiro atoms. The number of primary amides is 1. The number of likely N-dealkylation sites (N-methyl/N-ethyl adjacent to an activating group) is 1. The molecule has 1 aliphatic rings. The van der Waals surface area contributed by atoms with Crippen molar-refractivity contribution in [1.29, 1.82) is 0 Å². The van der Waals surface area contributed by atoms with Crippen LogP contribution in [-0.4, -0.2) is 41.3 Å². The van der Waals surface area contributed by atoms with Gasteiger partial charge < -0.3 is 21.6 Å². The Morgan fingerprint density at radius 3 is 2.35 bits per heavy atom. The fourth-order valence-corrected chi connectivity index (χ4v) is 2.39. The van der Waals surface area contributed by atoms with E-state index in [1.54, 1.807) is 0 Å². The van der Waals surface area contributed by atoms with Crippen molar-refractivity contribution in [2.24, 2.45) is 28.0 Å². The summed E-state index contributed by atoms with van der Waals surface area (Å²) in [6.07, 6.45) is 1.04. The Balaban J connectivity index is 2.86. The van der Waals surface area contributed by atoms with Gasteiger partial charge in [-0.25, -0.2) is 0 Å². The summed E-state index contributed by atoms with van der Waals surface area (Å²) >= 11 is 0. The molecule has 1 saturated carbocycles. The van der Waals surface area contributed by atoms with E-state index < -0.39 is 11.3 Å². The van der Waals surface area contributed by atoms with Crippen molar-refractivity contribution in [1.82, 2.24) is 4.90 Å². The second-order valence-electron chi connectivity index (χ2n) is 4.71. The number of carbonyl (C=O) groups is 2. The molecule has 0 heterocycles. The van der Waals surface area contributed by atoms with Crippen LogP contribution >= 0.6 is 0 Å². The third kappa shape index (κ3) is 2.32. The van der Waals surface area contributed by atoms with E-state index in [0.717, 1.165) is 0 Å². The zero-order valence-electron chi connectivity index (χ0n) is 10.0. The minimum Gasteiger partial charge on any atom is -0.409 e. The second-order valence-corrected chi connectivity index (χ2v) is 4.71. The zero-order chi connectivity index (χ0) is 13.2. The number of amides is 2. The molecule has 0 aromatic heterocycles. The molecule has 7 heteroatoms. The number of hydrogen-bond donors (Lipinski definition) is 3. The molecule has 0 aromatic carbocycles. The molecular weight excluding hydrogens is 224 g/mol. The SMILES string of the molecule is CC1CC(C(=O)N(C)CC(N)=O)(C(N)=NO)C1. The van der Waals surface area contributed by atoms with Crippen LogP contribution in [0.3, 0.4) is 0 Å². The highest BCUT2D eigenvalue weighted by atomic mass is 16.4. The minimum absolute atomic E-state index is 0.100. The summed E-state index contributed by atoms with van der Waals surface area (Å²) in [5.41, 5.74) is 9.63. The summed E-state index contributed by atoms with van der Waals surface area (Å²) in [4.78, 5) is 24.2. The zero-order valence-corrected chi connectivity index (χ0v) is 10.0. The lowest BCUT2D eigenvalue weighted by molar-refractivity contribution is -0.145. The highest BCUT2D eigenvalue weighted by molar-refractivity contribution is 6.08. The lowest BCUT2D eigenvalue weighted by atomic mass is 9.61. The maximum Gasteiger partial charge on any atom is 0.237 e. The van der Waals surface area contributed by atoms with Crippen molar-refractivity contribution in [2.45, 2.75) is 19.8 Å². The van der Waals surface area contributed by atoms with Crippen molar-refractivity contribution in [3.05, 3.63) is 0 Å². The normalized spacial score (nSPS) is 28.4. The molecule has 1 aliphatic carbocycles. The highest BCUT2D eigenvalue weighted by Gasteiger charge is 2.53. The van der Waals surface area contributed by atoms with Gasteiger partial charge in [0.2, 0.25) is 11.8 Å². The number of rotatable bonds is 4. The van der Waals surface area contributed by atoms with E-state index in [1.807, 2.05) is 6.92 Å². The topological polar surface area (TPSA) is 122 Å². The standard InChI is InChI=1S/C10H18N4O3/c1-6-3-10(4-6,8(12)13-17)9(16)14(2)5-7(11)15/h6,17H,3-5H2,1-2H3,(H2,11,15)(H2,12,13). The third-order valence-electron chi connectivity index (χ3n) is 3.14. The predicted molar refractivity (Wildman–Crippen MR) is 61.1 cm³/mol. The van der Waals surface area contributed by atoms with E-state index in [0.29, 0.717) is 18.8 Å². The van der Waals surface area contributed by atoms with Crippen molar-refractivity contribution in [3.8, 4) is 0 Å². The quantitative estimate of drug-likeness (QED) is 0.256. The van der Waals surface area contributed by atoms with Crippen LogP contribution in [0.4, 0.5) is 0 Å². The fraction of sp³-hybridized carbons (Fsp3) is 0.700. The number of oxime groups is 1. The minimum atomic E-state index is -0.974. The molecule has 0 aromatic rings. The first-order chi connectivity index (χ1) is 7.83. The van der Waals surface area contributed by atoms with Crippen LogP contribution in [-0.2, 0) is 9.59 Å². The lowest BCUT2D eigenvalue weighted by Crippen LogP contribution is -2.57. The van der Waals surface area contributed by atoms with Crippen LogP contribution in [0.1, 0.15) is 19.8 Å². The highest BCUT2D eigenvalue weighted by Crippen LogP contribution is 2.46. The first kappa shape index (κ1) is 13.3. The van der Waals surface area contributed by atoms with Gasteiger partial charge in [-0.2, -0.15) is 0 Å². The van der Waals surface area contributed by atoms with Gasteiger partial charge in [0.25, 0.3) is 0 Å². The van der Waals surface area contributed by atoms with E-state index >= 15 is 0 Å². The van der Waals surface area contributed by atoms with Crippen molar-refractivity contribution >= 4 is 17.6 Å². The van der Waals surface area contributed by atoms with Crippen LogP contribution in [0.2, 0.25) is 0 Å². The monoisotopic (exact) mass is 242 g/mol. The van der Waals surface area contributed by atoms with Crippen molar-refractivity contribution in [2.75, 3.05) is 13.6 Å². The van der Waals surface area contributed by atoms with Gasteiger partial charge in [-0.15, -0.1) is 0 Å². The summed E-state index contributed by atoms with van der Waals surface area (Å²) in [6, 6.07) is 0. The largest absolute Gasteiger partial charge is 0.409 e. The first-order valence-corrected chi connectivity index (χ1v) is 5.35. The molecule has 96 valence electrons. The number of carbonyl (C=O) groups excluding carboxylic acids is 2. The molecule has 2 amide bonds. The Labute approximate surface area is 99.4 Å². The molecule has 1 fully saturated rings. The molecule has 17 heavy (non-hydrogen) atoms. The van der Waals surface area contributed by atoms with Gasteiger partial charge in [-0.1, -0.05) is 12.1 Å². The van der Waals surface area contributed by atoms with E-state index in [4.69, 9.17) is 16.7 Å². The Kier molecular flexibility index (Phi) is 3.59. The van der Waals surface area contributed by atoms with Crippen LogP contribution in [0.15, 0.2) is 5.16 Å². The maximum atomic E-state index is 12.2. The molecule has 0 unspecified atom stereocenters. The van der Waals surface area contributed by atoms with E-state index in [1.165, 1.54) is 11.9 Å². The molecule has 0 atom stereocenters. The van der Waals surface area contributed by atoms with Gasteiger partial charge in [0.05, 0.1) is 6.54 Å². The van der Waals surface area contributed by atoms with Gasteiger partial charge in [0, 0.05) is 7.05 Å². The predicted octanol–water partition coefficient (Wildman–Crippen LogP) is -0.907. The summed E-state index contributed by atoms with van der Waals surface area (Å²) < 4.78 is 0. The molecule has 1 rings (SSSR count). The number of nitrogens with two attached hydrogens (primary N) is 2. The maximum absolute atomic E-state index is 12.2. The number of nitrogens with zero attached hydrogens (tertiary/aromatic N) is 2. The van der Waals surface area contributed by atoms with Crippen LogP contribution in [0.5, 0.6) is 0 Å². The van der Waals surface area contributed by atoms with E-state index in [9.17, 15) is 9.59 Å². The van der Waals surface area contributed by atoms with E-state index in [2.05, 4.69) is 5.16 Å². The van der Waals surface area contributed by atoms with Gasteiger partial charge >= 0.3 is 0 Å². The van der Waals surface area contributed by atoms with Crippen molar-refractivity contribution < 1.29 is 14.8 Å². The Hall–Kier alpha value is -1.79.